The molecule has 0 aromatic carbocycles. The summed E-state index contributed by atoms with van der Waals surface area (Å²) in [4.78, 5) is 13.0. The highest BCUT2D eigenvalue weighted by molar-refractivity contribution is 7.91. The number of halogens is 1. The van der Waals surface area contributed by atoms with Crippen LogP contribution in [0.15, 0.2) is 0 Å². The zero-order valence-corrected chi connectivity index (χ0v) is 17.7. The van der Waals surface area contributed by atoms with Gasteiger partial charge in [0.2, 0.25) is 0 Å². The lowest BCUT2D eigenvalue weighted by molar-refractivity contribution is -0.00000900. The van der Waals surface area contributed by atoms with Crippen LogP contribution in [0.25, 0.3) is 0 Å². The maximum atomic E-state index is 13.0. The molecule has 0 saturated heterocycles. The van der Waals surface area contributed by atoms with E-state index in [4.69, 9.17) is 4.74 Å². The Labute approximate surface area is 154 Å². The van der Waals surface area contributed by atoms with Crippen LogP contribution in [0.2, 0.25) is 0 Å². The van der Waals surface area contributed by atoms with Gasteiger partial charge in [0.05, 0.1) is 24.6 Å². The summed E-state index contributed by atoms with van der Waals surface area (Å²) in [6.07, 6.45) is 13.1. The molecule has 22 heavy (non-hydrogen) atoms. The van der Waals surface area contributed by atoms with Crippen molar-refractivity contribution in [2.24, 2.45) is 5.92 Å². The molecule has 2 aliphatic rings. The average Bonchev–Trinajstić information content (AvgIpc) is 2.53. The fourth-order valence-corrected chi connectivity index (χ4v) is 8.63. The third-order valence-corrected chi connectivity index (χ3v) is 10.6. The van der Waals surface area contributed by atoms with Crippen LogP contribution in [0, 0.1) is 5.92 Å². The van der Waals surface area contributed by atoms with Gasteiger partial charge in [-0.2, -0.15) is 0 Å². The average molecular weight is 440 g/mol. The first kappa shape index (κ1) is 20.7. The van der Waals surface area contributed by atoms with Gasteiger partial charge in [0.15, 0.2) is 0 Å². The molecular weight excluding hydrogens is 406 g/mol. The van der Waals surface area contributed by atoms with E-state index in [2.05, 4.69) is 20.5 Å². The fraction of sp³-hybridized carbons (Fsp3) is 0.944. The van der Waals surface area contributed by atoms with E-state index in [1.165, 1.54) is 64.2 Å². The van der Waals surface area contributed by atoms with Crippen LogP contribution in [0.4, 0.5) is 4.79 Å². The number of hydrogen-bond donors (Lipinski definition) is 0. The number of ether oxygens (including phenoxy) is 1. The minimum Gasteiger partial charge on any atom is -1.00 e. The molecule has 2 saturated carbocycles. The van der Waals surface area contributed by atoms with Gasteiger partial charge in [0.25, 0.3) is 0 Å². The molecule has 0 radical (unpaired) electrons. The molecule has 0 unspecified atom stereocenters. The summed E-state index contributed by atoms with van der Waals surface area (Å²) >= 11 is 0. The Kier molecular flexibility index (Phi) is 9.22. The third kappa shape index (κ3) is 5.06. The highest BCUT2D eigenvalue weighted by Crippen LogP contribution is 2.70. The Morgan fingerprint density at radius 2 is 1.36 bits per heavy atom. The Bertz CT molecular complexity index is 316. The van der Waals surface area contributed by atoms with Crippen molar-refractivity contribution < 1.29 is 33.5 Å². The standard InChI is InChI=1S/C18H34O2P.HI/c1-15(2)14-20-18(19)21(3,16-10-6-4-7-11-16)17-12-8-5-9-13-17;/h15-17H,4-14H2,1-3H3;1H/q+1;/p-1. The van der Waals surface area contributed by atoms with E-state index < -0.39 is 7.26 Å². The second-order valence-corrected chi connectivity index (χ2v) is 11.8. The molecular formula is C18H34IO2P. The van der Waals surface area contributed by atoms with Crippen LogP contribution in [0.3, 0.4) is 0 Å². The molecule has 0 spiro atoms. The lowest BCUT2D eigenvalue weighted by Gasteiger charge is -2.38. The van der Waals surface area contributed by atoms with Gasteiger partial charge < -0.3 is 28.7 Å². The van der Waals surface area contributed by atoms with Gasteiger partial charge in [-0.1, -0.05) is 26.7 Å². The molecule has 4 heteroatoms. The molecule has 2 nitrogen and oxygen atoms in total. The number of hydrogen-bond acceptors (Lipinski definition) is 2. The van der Waals surface area contributed by atoms with Crippen molar-refractivity contribution in [3.8, 4) is 0 Å². The lowest BCUT2D eigenvalue weighted by atomic mass is 9.99. The Morgan fingerprint density at radius 3 is 1.73 bits per heavy atom. The van der Waals surface area contributed by atoms with Gasteiger partial charge in [-0.3, -0.25) is 0 Å². The molecule has 0 bridgehead atoms. The van der Waals surface area contributed by atoms with Gasteiger partial charge >= 0.3 is 5.71 Å². The molecule has 2 rings (SSSR count). The summed E-state index contributed by atoms with van der Waals surface area (Å²) in [5.41, 5.74) is 1.54. The summed E-state index contributed by atoms with van der Waals surface area (Å²) in [5.74, 6) is 0.445. The lowest BCUT2D eigenvalue weighted by Crippen LogP contribution is -3.00. The van der Waals surface area contributed by atoms with Crippen molar-refractivity contribution in [2.75, 3.05) is 13.3 Å². The van der Waals surface area contributed by atoms with E-state index in [-0.39, 0.29) is 29.7 Å². The molecule has 0 aliphatic heterocycles. The van der Waals surface area contributed by atoms with E-state index in [1.54, 1.807) is 0 Å². The summed E-state index contributed by atoms with van der Waals surface area (Å²) in [6.45, 7) is 7.21. The number of carbonyl (C=O) groups is 1. The topological polar surface area (TPSA) is 26.3 Å². The zero-order valence-electron chi connectivity index (χ0n) is 14.7. The molecule has 0 amide bonds. The van der Waals surface area contributed by atoms with E-state index >= 15 is 0 Å². The molecule has 2 fully saturated rings. The van der Waals surface area contributed by atoms with Gasteiger partial charge in [0.1, 0.15) is 7.26 Å². The molecule has 0 N–H and O–H groups in total. The third-order valence-electron chi connectivity index (χ3n) is 5.60. The highest BCUT2D eigenvalue weighted by Gasteiger charge is 2.56. The van der Waals surface area contributed by atoms with Crippen LogP contribution in [0.5, 0.6) is 0 Å². The van der Waals surface area contributed by atoms with E-state index in [0.29, 0.717) is 23.8 Å². The normalized spacial score (nSPS) is 21.5. The molecule has 0 atom stereocenters. The van der Waals surface area contributed by atoms with E-state index in [9.17, 15) is 4.79 Å². The van der Waals surface area contributed by atoms with E-state index in [0.717, 1.165) is 0 Å². The predicted molar refractivity (Wildman–Crippen MR) is 92.8 cm³/mol. The Hall–Kier alpha value is 0.630. The zero-order chi connectivity index (χ0) is 15.3. The highest BCUT2D eigenvalue weighted by atomic mass is 127. The number of rotatable bonds is 5. The first-order valence-electron chi connectivity index (χ1n) is 9.08. The van der Waals surface area contributed by atoms with Crippen LogP contribution >= 0.6 is 7.26 Å². The summed E-state index contributed by atoms with van der Waals surface area (Å²) < 4.78 is 5.79. The Morgan fingerprint density at radius 1 is 0.955 bits per heavy atom. The summed E-state index contributed by atoms with van der Waals surface area (Å²) in [6, 6.07) is 0. The van der Waals surface area contributed by atoms with Crippen molar-refractivity contribution >= 4 is 13.0 Å². The van der Waals surface area contributed by atoms with Crippen LogP contribution in [0.1, 0.15) is 78.1 Å². The minimum absolute atomic E-state index is 0. The van der Waals surface area contributed by atoms with Gasteiger partial charge in [-0.05, 0) is 57.3 Å². The van der Waals surface area contributed by atoms with Crippen molar-refractivity contribution in [3.05, 3.63) is 0 Å². The maximum absolute atomic E-state index is 13.0. The van der Waals surface area contributed by atoms with Crippen molar-refractivity contribution in [3.63, 3.8) is 0 Å². The largest absolute Gasteiger partial charge is 1.00 e. The molecule has 0 heterocycles. The fourth-order valence-electron chi connectivity index (χ4n) is 4.21. The van der Waals surface area contributed by atoms with Crippen LogP contribution in [-0.2, 0) is 4.74 Å². The SMILES string of the molecule is CC(C)COC(=O)[P+](C)(C1CCCCC1)C1CCCCC1.[I-]. The first-order valence-corrected chi connectivity index (χ1v) is 11.5. The molecule has 130 valence electrons. The van der Waals surface area contributed by atoms with Crippen molar-refractivity contribution in [2.45, 2.75) is 89.4 Å². The second-order valence-electron chi connectivity index (χ2n) is 7.70. The van der Waals surface area contributed by atoms with Crippen LogP contribution in [-0.4, -0.2) is 30.3 Å². The number of carbonyl (C=O) groups excluding carboxylic acids is 1. The molecule has 0 aromatic rings. The van der Waals surface area contributed by atoms with Crippen LogP contribution < -0.4 is 24.0 Å². The summed E-state index contributed by atoms with van der Waals surface area (Å²) in [5, 5.41) is 0. The smallest absolute Gasteiger partial charge is 0.450 e. The van der Waals surface area contributed by atoms with Gasteiger partial charge in [-0.15, -0.1) is 0 Å². The maximum Gasteiger partial charge on any atom is 0.450 e. The van der Waals surface area contributed by atoms with Gasteiger partial charge in [-0.25, -0.2) is 4.79 Å². The quantitative estimate of drug-likeness (QED) is 0.485. The second kappa shape index (κ2) is 9.81. The monoisotopic (exact) mass is 440 g/mol. The van der Waals surface area contributed by atoms with E-state index in [1.807, 2.05) is 0 Å². The molecule has 0 aromatic heterocycles. The van der Waals surface area contributed by atoms with Crippen molar-refractivity contribution in [1.82, 2.24) is 0 Å². The van der Waals surface area contributed by atoms with Crippen molar-refractivity contribution in [1.29, 1.82) is 0 Å². The summed E-state index contributed by atoms with van der Waals surface area (Å²) in [7, 11) is -1.63. The predicted octanol–water partition coefficient (Wildman–Crippen LogP) is 3.10. The first-order chi connectivity index (χ1) is 10.0. The molecule has 2 aliphatic carbocycles. The Balaban J connectivity index is 0.00000242. The minimum atomic E-state index is -1.63. The van der Waals surface area contributed by atoms with Gasteiger partial charge in [0, 0.05) is 0 Å².